The fourth-order valence-electron chi connectivity index (χ4n) is 3.12. The maximum absolute atomic E-state index is 12.8. The average Bonchev–Trinajstić information content (AvgIpc) is 3.18. The highest BCUT2D eigenvalue weighted by Gasteiger charge is 2.19. The zero-order valence-electron chi connectivity index (χ0n) is 16.7. The Balaban J connectivity index is 1.68. The van der Waals surface area contributed by atoms with Crippen LogP contribution in [0.4, 0.5) is 0 Å². The topological polar surface area (TPSA) is 63.9 Å². The molecule has 0 saturated carbocycles. The summed E-state index contributed by atoms with van der Waals surface area (Å²) in [4.78, 5) is 22.8. The summed E-state index contributed by atoms with van der Waals surface area (Å²) in [6, 6.07) is 17.4. The van der Waals surface area contributed by atoms with E-state index < -0.39 is 0 Å². The molecule has 4 rings (SSSR count). The van der Waals surface area contributed by atoms with E-state index in [1.165, 1.54) is 6.20 Å². The van der Waals surface area contributed by atoms with E-state index in [1.807, 2.05) is 72.4 Å². The zero-order chi connectivity index (χ0) is 21.1. The molecule has 30 heavy (non-hydrogen) atoms. The molecule has 0 aliphatic rings. The molecule has 0 spiro atoms. The van der Waals surface area contributed by atoms with Crippen LogP contribution >= 0.6 is 11.6 Å². The van der Waals surface area contributed by atoms with Crippen molar-refractivity contribution in [1.82, 2.24) is 24.6 Å². The standard InChI is InChI=1S/C23H20ClN5O/c1-16-12-26-21(13-25-16)23(30)28(2)14-18-15-29(20-6-4-3-5-7-20)27-22(18)17-8-10-19(24)11-9-17/h3-13,15H,14H2,1-2H3. The minimum atomic E-state index is -0.197. The second kappa shape index (κ2) is 8.47. The van der Waals surface area contributed by atoms with Crippen molar-refractivity contribution < 1.29 is 4.79 Å². The van der Waals surface area contributed by atoms with Crippen molar-refractivity contribution in [3.8, 4) is 16.9 Å². The fourth-order valence-corrected chi connectivity index (χ4v) is 3.24. The Hall–Kier alpha value is -3.51. The van der Waals surface area contributed by atoms with Crippen LogP contribution in [-0.4, -0.2) is 37.6 Å². The summed E-state index contributed by atoms with van der Waals surface area (Å²) in [7, 11) is 1.75. The van der Waals surface area contributed by atoms with E-state index >= 15 is 0 Å². The third-order valence-corrected chi connectivity index (χ3v) is 4.93. The lowest BCUT2D eigenvalue weighted by Gasteiger charge is -2.16. The number of benzene rings is 2. The summed E-state index contributed by atoms with van der Waals surface area (Å²) in [6.45, 7) is 2.21. The zero-order valence-corrected chi connectivity index (χ0v) is 17.4. The van der Waals surface area contributed by atoms with Gasteiger partial charge in [-0.05, 0) is 31.2 Å². The highest BCUT2D eigenvalue weighted by atomic mass is 35.5. The number of aryl methyl sites for hydroxylation is 1. The van der Waals surface area contributed by atoms with Crippen LogP contribution in [0.25, 0.3) is 16.9 Å². The van der Waals surface area contributed by atoms with Crippen molar-refractivity contribution in [1.29, 1.82) is 0 Å². The summed E-state index contributed by atoms with van der Waals surface area (Å²) in [6.07, 6.45) is 5.04. The minimum absolute atomic E-state index is 0.197. The number of carbonyl (C=O) groups is 1. The third kappa shape index (κ3) is 4.23. The van der Waals surface area contributed by atoms with Crippen LogP contribution < -0.4 is 0 Å². The van der Waals surface area contributed by atoms with Gasteiger partial charge in [-0.1, -0.05) is 41.9 Å². The fraction of sp³-hybridized carbons (Fsp3) is 0.130. The number of rotatable bonds is 5. The molecule has 0 fully saturated rings. The Morgan fingerprint density at radius 2 is 1.77 bits per heavy atom. The van der Waals surface area contributed by atoms with Crippen molar-refractivity contribution in [2.45, 2.75) is 13.5 Å². The average molecular weight is 418 g/mol. The molecule has 0 unspecified atom stereocenters. The van der Waals surface area contributed by atoms with Gasteiger partial charge in [-0.3, -0.25) is 9.78 Å². The van der Waals surface area contributed by atoms with E-state index in [0.717, 1.165) is 28.2 Å². The van der Waals surface area contributed by atoms with E-state index in [4.69, 9.17) is 16.7 Å². The van der Waals surface area contributed by atoms with Gasteiger partial charge in [0, 0.05) is 42.1 Å². The number of nitrogens with zero attached hydrogens (tertiary/aromatic N) is 5. The molecule has 2 heterocycles. The van der Waals surface area contributed by atoms with Crippen LogP contribution in [0.3, 0.4) is 0 Å². The van der Waals surface area contributed by atoms with E-state index in [-0.39, 0.29) is 5.91 Å². The molecule has 0 N–H and O–H groups in total. The van der Waals surface area contributed by atoms with E-state index in [2.05, 4.69) is 9.97 Å². The van der Waals surface area contributed by atoms with Gasteiger partial charge in [-0.25, -0.2) is 9.67 Å². The molecule has 0 saturated heterocycles. The summed E-state index contributed by atoms with van der Waals surface area (Å²) < 4.78 is 1.82. The molecule has 150 valence electrons. The molecule has 0 radical (unpaired) electrons. The van der Waals surface area contributed by atoms with Crippen LogP contribution in [-0.2, 0) is 6.54 Å². The van der Waals surface area contributed by atoms with Gasteiger partial charge in [-0.2, -0.15) is 5.10 Å². The van der Waals surface area contributed by atoms with Crippen molar-refractivity contribution in [2.24, 2.45) is 0 Å². The van der Waals surface area contributed by atoms with Crippen molar-refractivity contribution >= 4 is 17.5 Å². The first-order chi connectivity index (χ1) is 14.5. The molecule has 0 atom stereocenters. The van der Waals surface area contributed by atoms with E-state index in [0.29, 0.717) is 17.3 Å². The van der Waals surface area contributed by atoms with Gasteiger partial charge in [-0.15, -0.1) is 0 Å². The van der Waals surface area contributed by atoms with Gasteiger partial charge in [0.05, 0.1) is 23.3 Å². The summed E-state index contributed by atoms with van der Waals surface area (Å²) in [5, 5.41) is 5.44. The minimum Gasteiger partial charge on any atom is -0.336 e. The Kier molecular flexibility index (Phi) is 5.59. The number of halogens is 1. The first-order valence-electron chi connectivity index (χ1n) is 9.45. The van der Waals surface area contributed by atoms with Gasteiger partial charge in [0.2, 0.25) is 0 Å². The van der Waals surface area contributed by atoms with Gasteiger partial charge in [0.1, 0.15) is 5.69 Å². The van der Waals surface area contributed by atoms with Gasteiger partial charge >= 0.3 is 0 Å². The maximum Gasteiger partial charge on any atom is 0.274 e. The predicted molar refractivity (Wildman–Crippen MR) is 117 cm³/mol. The molecule has 7 heteroatoms. The van der Waals surface area contributed by atoms with Crippen LogP contribution in [0.5, 0.6) is 0 Å². The first kappa shape index (κ1) is 19.8. The number of hydrogen-bond donors (Lipinski definition) is 0. The molecule has 0 bridgehead atoms. The van der Waals surface area contributed by atoms with Crippen LogP contribution in [0.15, 0.2) is 73.2 Å². The highest BCUT2D eigenvalue weighted by Crippen LogP contribution is 2.26. The summed E-state index contributed by atoms with van der Waals surface area (Å²) in [5.74, 6) is -0.197. The van der Waals surface area contributed by atoms with Crippen molar-refractivity contribution in [3.05, 3.63) is 95.2 Å². The van der Waals surface area contributed by atoms with Gasteiger partial charge in [0.25, 0.3) is 5.91 Å². The van der Waals surface area contributed by atoms with Crippen LogP contribution in [0, 0.1) is 6.92 Å². The van der Waals surface area contributed by atoms with Crippen molar-refractivity contribution in [2.75, 3.05) is 7.05 Å². The Morgan fingerprint density at radius 3 is 2.43 bits per heavy atom. The lowest BCUT2D eigenvalue weighted by Crippen LogP contribution is -2.27. The van der Waals surface area contributed by atoms with E-state index in [1.54, 1.807) is 18.1 Å². The Bertz CT molecular complexity index is 1150. The first-order valence-corrected chi connectivity index (χ1v) is 9.83. The molecule has 6 nitrogen and oxygen atoms in total. The molecule has 0 aliphatic carbocycles. The largest absolute Gasteiger partial charge is 0.336 e. The van der Waals surface area contributed by atoms with Crippen molar-refractivity contribution in [3.63, 3.8) is 0 Å². The lowest BCUT2D eigenvalue weighted by atomic mass is 10.1. The molecular formula is C23H20ClN5O. The second-order valence-corrected chi connectivity index (χ2v) is 7.43. The SMILES string of the molecule is Cc1cnc(C(=O)N(C)Cc2cn(-c3ccccc3)nc2-c2ccc(Cl)cc2)cn1. The quantitative estimate of drug-likeness (QED) is 0.477. The number of aromatic nitrogens is 4. The molecule has 4 aromatic rings. The van der Waals surface area contributed by atoms with Crippen LogP contribution in [0.1, 0.15) is 21.7 Å². The number of carbonyl (C=O) groups excluding carboxylic acids is 1. The Labute approximate surface area is 179 Å². The number of para-hydroxylation sites is 1. The molecule has 0 aliphatic heterocycles. The smallest absolute Gasteiger partial charge is 0.274 e. The molecule has 2 aromatic carbocycles. The van der Waals surface area contributed by atoms with E-state index in [9.17, 15) is 4.79 Å². The predicted octanol–water partition coefficient (Wildman–Crippen LogP) is 4.56. The van der Waals surface area contributed by atoms with Gasteiger partial charge in [0.15, 0.2) is 0 Å². The normalized spacial score (nSPS) is 10.8. The number of amides is 1. The van der Waals surface area contributed by atoms with Crippen LogP contribution in [0.2, 0.25) is 5.02 Å². The molecule has 2 aromatic heterocycles. The summed E-state index contributed by atoms with van der Waals surface area (Å²) in [5.41, 5.74) is 4.66. The maximum atomic E-state index is 12.8. The third-order valence-electron chi connectivity index (χ3n) is 4.68. The highest BCUT2D eigenvalue weighted by molar-refractivity contribution is 6.30. The molecular weight excluding hydrogens is 398 g/mol. The summed E-state index contributed by atoms with van der Waals surface area (Å²) >= 11 is 6.05. The van der Waals surface area contributed by atoms with Gasteiger partial charge < -0.3 is 4.90 Å². The lowest BCUT2D eigenvalue weighted by molar-refractivity contribution is 0.0779. The number of hydrogen-bond acceptors (Lipinski definition) is 4. The monoisotopic (exact) mass is 417 g/mol. The Morgan fingerprint density at radius 1 is 1.03 bits per heavy atom. The second-order valence-electron chi connectivity index (χ2n) is 6.99. The molecule has 1 amide bonds.